The van der Waals surface area contributed by atoms with E-state index in [0.29, 0.717) is 43.0 Å². The lowest BCUT2D eigenvalue weighted by Gasteiger charge is -2.34. The molecular weight excluding hydrogens is 550 g/mol. The molecule has 0 fully saturated rings. The minimum absolute atomic E-state index is 0.0828. The maximum Gasteiger partial charge on any atom is 0.316 e. The SMILES string of the molecule is CCCC[C@@H](NC(=O)N[C@](CC)(CC(=O)O)c1ccc2c(c1)OCO2)C(=O)N(Cc1cccs1)Cc1cccs1. The molecule has 3 amide bonds. The molecule has 0 aliphatic carbocycles. The molecule has 0 saturated carbocycles. The van der Waals surface area contributed by atoms with Gasteiger partial charge in [-0.15, -0.1) is 22.7 Å². The van der Waals surface area contributed by atoms with Crippen molar-refractivity contribution in [1.29, 1.82) is 0 Å². The minimum atomic E-state index is -1.22. The number of urea groups is 1. The van der Waals surface area contributed by atoms with E-state index in [1.165, 1.54) is 0 Å². The van der Waals surface area contributed by atoms with Gasteiger partial charge in [0.2, 0.25) is 12.7 Å². The van der Waals surface area contributed by atoms with Gasteiger partial charge in [-0.1, -0.05) is 44.9 Å². The molecule has 0 radical (unpaired) electrons. The largest absolute Gasteiger partial charge is 0.481 e. The monoisotopic (exact) mass is 585 g/mol. The Morgan fingerprint density at radius 1 is 1.02 bits per heavy atom. The van der Waals surface area contributed by atoms with Crippen molar-refractivity contribution < 1.29 is 29.0 Å². The van der Waals surface area contributed by atoms with E-state index in [-0.39, 0.29) is 19.1 Å². The zero-order chi connectivity index (χ0) is 28.5. The van der Waals surface area contributed by atoms with Crippen LogP contribution in [0.25, 0.3) is 0 Å². The van der Waals surface area contributed by atoms with E-state index in [2.05, 4.69) is 10.6 Å². The minimum Gasteiger partial charge on any atom is -0.481 e. The van der Waals surface area contributed by atoms with Gasteiger partial charge in [0.1, 0.15) is 6.04 Å². The summed E-state index contributed by atoms with van der Waals surface area (Å²) in [6.07, 6.45) is 2.04. The number of thiophene rings is 2. The fourth-order valence-corrected chi connectivity index (χ4v) is 6.22. The molecule has 2 aromatic heterocycles. The molecule has 11 heteroatoms. The smallest absolute Gasteiger partial charge is 0.316 e. The molecule has 3 heterocycles. The predicted molar refractivity (Wildman–Crippen MR) is 155 cm³/mol. The number of nitrogens with zero attached hydrogens (tertiary/aromatic N) is 1. The summed E-state index contributed by atoms with van der Waals surface area (Å²) >= 11 is 3.16. The number of carboxylic acid groups (broad SMARTS) is 1. The second kappa shape index (κ2) is 13.7. The van der Waals surface area contributed by atoms with Crippen LogP contribution in [0.4, 0.5) is 4.79 Å². The number of aliphatic carboxylic acids is 1. The van der Waals surface area contributed by atoms with Crippen LogP contribution in [0.3, 0.4) is 0 Å². The van der Waals surface area contributed by atoms with Crippen LogP contribution in [0.2, 0.25) is 0 Å². The number of fused-ring (bicyclic) bond motifs is 1. The fourth-order valence-electron chi connectivity index (χ4n) is 4.78. The summed E-state index contributed by atoms with van der Waals surface area (Å²) in [5, 5.41) is 19.5. The van der Waals surface area contributed by atoms with E-state index >= 15 is 0 Å². The Kier molecular flexibility index (Phi) is 10.1. The number of hydrogen-bond acceptors (Lipinski definition) is 7. The summed E-state index contributed by atoms with van der Waals surface area (Å²) in [6, 6.07) is 11.7. The summed E-state index contributed by atoms with van der Waals surface area (Å²) in [4.78, 5) is 43.2. The quantitative estimate of drug-likeness (QED) is 0.223. The van der Waals surface area contributed by atoms with E-state index in [9.17, 15) is 19.5 Å². The van der Waals surface area contributed by atoms with Gasteiger partial charge >= 0.3 is 12.0 Å². The van der Waals surface area contributed by atoms with Crippen molar-refractivity contribution in [2.75, 3.05) is 6.79 Å². The molecule has 9 nitrogen and oxygen atoms in total. The van der Waals surface area contributed by atoms with Gasteiger partial charge in [0.15, 0.2) is 11.5 Å². The van der Waals surface area contributed by atoms with Crippen LogP contribution in [-0.4, -0.2) is 40.7 Å². The molecule has 0 saturated heterocycles. The third kappa shape index (κ3) is 7.33. The molecule has 1 aromatic carbocycles. The topological polar surface area (TPSA) is 117 Å². The van der Waals surface area contributed by atoms with Gasteiger partial charge in [-0.2, -0.15) is 0 Å². The Balaban J connectivity index is 1.56. The van der Waals surface area contributed by atoms with E-state index in [1.54, 1.807) is 45.8 Å². The van der Waals surface area contributed by atoms with Crippen molar-refractivity contribution in [1.82, 2.24) is 15.5 Å². The van der Waals surface area contributed by atoms with Crippen molar-refractivity contribution >= 4 is 40.6 Å². The van der Waals surface area contributed by atoms with Crippen LogP contribution < -0.4 is 20.1 Å². The first-order valence-corrected chi connectivity index (χ1v) is 15.1. The average Bonchev–Trinajstić information content (AvgIpc) is 3.72. The van der Waals surface area contributed by atoms with E-state index < -0.39 is 23.6 Å². The number of unbranched alkanes of at least 4 members (excludes halogenated alkanes) is 1. The first-order chi connectivity index (χ1) is 19.3. The summed E-state index contributed by atoms with van der Waals surface area (Å²) in [5.41, 5.74) is -0.631. The molecule has 4 rings (SSSR count). The third-order valence-corrected chi connectivity index (χ3v) is 8.67. The van der Waals surface area contributed by atoms with Crippen molar-refractivity contribution in [3.8, 4) is 11.5 Å². The van der Waals surface area contributed by atoms with Crippen molar-refractivity contribution in [2.45, 2.75) is 70.6 Å². The summed E-state index contributed by atoms with van der Waals surface area (Å²) in [5.74, 6) is -0.169. The number of carbonyl (C=O) groups is 3. The maximum atomic E-state index is 13.9. The Morgan fingerprint density at radius 3 is 2.27 bits per heavy atom. The van der Waals surface area contributed by atoms with Gasteiger partial charge in [-0.3, -0.25) is 9.59 Å². The van der Waals surface area contributed by atoms with Crippen LogP contribution in [0.5, 0.6) is 11.5 Å². The molecule has 0 unspecified atom stereocenters. The number of carboxylic acids is 1. The zero-order valence-corrected chi connectivity index (χ0v) is 24.3. The van der Waals surface area contributed by atoms with Crippen molar-refractivity contribution in [3.05, 3.63) is 68.5 Å². The van der Waals surface area contributed by atoms with Crippen LogP contribution in [0.15, 0.2) is 53.2 Å². The molecule has 1 aliphatic heterocycles. The van der Waals surface area contributed by atoms with Crippen LogP contribution in [-0.2, 0) is 28.2 Å². The number of amides is 3. The molecule has 3 N–H and O–H groups in total. The first-order valence-electron chi connectivity index (χ1n) is 13.4. The number of nitrogens with one attached hydrogen (secondary N) is 2. The van der Waals surface area contributed by atoms with Crippen LogP contribution >= 0.6 is 22.7 Å². The molecule has 0 spiro atoms. The molecule has 40 heavy (non-hydrogen) atoms. The number of benzene rings is 1. The van der Waals surface area contributed by atoms with Crippen LogP contribution in [0.1, 0.15) is 61.3 Å². The summed E-state index contributed by atoms with van der Waals surface area (Å²) in [7, 11) is 0. The second-order valence-electron chi connectivity index (χ2n) is 9.72. The highest BCUT2D eigenvalue weighted by Gasteiger charge is 2.37. The number of hydrogen-bond donors (Lipinski definition) is 3. The maximum absolute atomic E-state index is 13.9. The lowest BCUT2D eigenvalue weighted by Crippen LogP contribution is -2.56. The van der Waals surface area contributed by atoms with Gasteiger partial charge < -0.3 is 30.1 Å². The Morgan fingerprint density at radius 2 is 1.70 bits per heavy atom. The van der Waals surface area contributed by atoms with Gasteiger partial charge in [0, 0.05) is 9.75 Å². The van der Waals surface area contributed by atoms with Crippen LogP contribution in [0, 0.1) is 0 Å². The number of rotatable bonds is 14. The molecular formula is C29H35N3O6S2. The lowest BCUT2D eigenvalue weighted by molar-refractivity contribution is -0.139. The van der Waals surface area contributed by atoms with Gasteiger partial charge in [0.05, 0.1) is 25.0 Å². The normalized spacial score (nSPS) is 14.2. The van der Waals surface area contributed by atoms with Crippen molar-refractivity contribution in [3.63, 3.8) is 0 Å². The lowest BCUT2D eigenvalue weighted by atomic mass is 9.84. The molecule has 0 bridgehead atoms. The molecule has 1 aliphatic rings. The average molecular weight is 586 g/mol. The Hall–Kier alpha value is -3.57. The Labute approximate surface area is 242 Å². The number of carbonyl (C=O) groups excluding carboxylic acids is 2. The third-order valence-electron chi connectivity index (χ3n) is 6.95. The predicted octanol–water partition coefficient (Wildman–Crippen LogP) is 5.71. The second-order valence-corrected chi connectivity index (χ2v) is 11.8. The van der Waals surface area contributed by atoms with E-state index in [0.717, 1.165) is 22.6 Å². The van der Waals surface area contributed by atoms with Gasteiger partial charge in [-0.25, -0.2) is 4.79 Å². The molecule has 214 valence electrons. The first kappa shape index (κ1) is 29.4. The van der Waals surface area contributed by atoms with Gasteiger partial charge in [-0.05, 0) is 53.4 Å². The van der Waals surface area contributed by atoms with E-state index in [4.69, 9.17) is 9.47 Å². The summed E-state index contributed by atoms with van der Waals surface area (Å²) < 4.78 is 10.9. The van der Waals surface area contributed by atoms with Crippen molar-refractivity contribution in [2.24, 2.45) is 0 Å². The van der Waals surface area contributed by atoms with Gasteiger partial charge in [0.25, 0.3) is 0 Å². The molecule has 2 atom stereocenters. The molecule has 3 aromatic rings. The highest BCUT2D eigenvalue weighted by Crippen LogP contribution is 2.38. The van der Waals surface area contributed by atoms with E-state index in [1.807, 2.05) is 48.9 Å². The standard InChI is InChI=1S/C29H35N3O6S2/c1-3-5-10-23(27(35)32(17-21-8-6-13-39-21)18-22-9-7-14-40-22)30-28(36)31-29(4-2,16-26(33)34)20-11-12-24-25(15-20)38-19-37-24/h6-9,11-15,23H,3-5,10,16-19H2,1-2H3,(H,33,34)(H2,30,31,36)/t23-,29-/m1/s1. The Bertz CT molecular complexity index is 1240. The highest BCUT2D eigenvalue weighted by atomic mass is 32.1. The zero-order valence-electron chi connectivity index (χ0n) is 22.7. The number of ether oxygens (including phenoxy) is 2. The summed E-state index contributed by atoms with van der Waals surface area (Å²) in [6.45, 7) is 4.81. The highest BCUT2D eigenvalue weighted by molar-refractivity contribution is 7.10. The fraction of sp³-hybridized carbons (Fsp3) is 0.414.